The fraction of sp³-hybridized carbons (Fsp3) is 0.500. The van der Waals surface area contributed by atoms with Gasteiger partial charge in [0.1, 0.15) is 0 Å². The van der Waals surface area contributed by atoms with E-state index in [0.717, 1.165) is 18.7 Å². The molecule has 0 unspecified atom stereocenters. The quantitative estimate of drug-likeness (QED) is 0.806. The highest BCUT2D eigenvalue weighted by Gasteiger charge is 2.02. The van der Waals surface area contributed by atoms with E-state index in [0.29, 0.717) is 12.3 Å². The van der Waals surface area contributed by atoms with Crippen LogP contribution in [0.1, 0.15) is 31.4 Å². The molecule has 1 rings (SSSR count). The van der Waals surface area contributed by atoms with Crippen LogP contribution in [0.15, 0.2) is 24.3 Å². The molecule has 0 fully saturated rings. The fourth-order valence-electron chi connectivity index (χ4n) is 1.91. The van der Waals surface area contributed by atoms with Crippen LogP contribution in [0.3, 0.4) is 0 Å². The molecule has 0 amide bonds. The average Bonchev–Trinajstić information content (AvgIpc) is 2.30. The number of benzene rings is 1. The molecule has 18 heavy (non-hydrogen) atoms. The highest BCUT2D eigenvalue weighted by atomic mass is 16.2. The molecule has 98 valence electrons. The van der Waals surface area contributed by atoms with Gasteiger partial charge in [0.25, 0.3) is 0 Å². The summed E-state index contributed by atoms with van der Waals surface area (Å²) in [6, 6.07) is 8.34. The lowest BCUT2D eigenvalue weighted by Gasteiger charge is -2.18. The molecule has 0 atom stereocenters. The van der Waals surface area contributed by atoms with Crippen LogP contribution in [0.2, 0.25) is 0 Å². The van der Waals surface area contributed by atoms with Crippen molar-refractivity contribution in [3.05, 3.63) is 35.4 Å². The summed E-state index contributed by atoms with van der Waals surface area (Å²) >= 11 is 0. The summed E-state index contributed by atoms with van der Waals surface area (Å²) < 4.78 is 0. The summed E-state index contributed by atoms with van der Waals surface area (Å²) in [5, 5.41) is 8.65. The number of rotatable bonds is 5. The lowest BCUT2D eigenvalue weighted by molar-refractivity contribution is 0.288. The van der Waals surface area contributed by atoms with Gasteiger partial charge in [-0.1, -0.05) is 37.8 Å². The van der Waals surface area contributed by atoms with Crippen LogP contribution < -0.4 is 0 Å². The average molecular weight is 245 g/mol. The third-order valence-electron chi connectivity index (χ3n) is 2.55. The van der Waals surface area contributed by atoms with Crippen molar-refractivity contribution in [3.63, 3.8) is 0 Å². The van der Waals surface area contributed by atoms with Crippen molar-refractivity contribution in [1.82, 2.24) is 4.90 Å². The molecule has 0 aliphatic rings. The minimum Gasteiger partial charge on any atom is -0.395 e. The monoisotopic (exact) mass is 245 g/mol. The zero-order valence-corrected chi connectivity index (χ0v) is 11.6. The van der Waals surface area contributed by atoms with Crippen molar-refractivity contribution in [2.24, 2.45) is 5.92 Å². The Kier molecular flexibility index (Phi) is 6.49. The van der Waals surface area contributed by atoms with E-state index in [-0.39, 0.29) is 6.61 Å². The first kappa shape index (κ1) is 14.8. The van der Waals surface area contributed by atoms with Gasteiger partial charge in [0, 0.05) is 25.1 Å². The fourth-order valence-corrected chi connectivity index (χ4v) is 1.91. The first-order chi connectivity index (χ1) is 8.61. The Labute approximate surface area is 111 Å². The van der Waals surface area contributed by atoms with Gasteiger partial charge in [0.15, 0.2) is 0 Å². The number of aliphatic hydroxyl groups is 1. The number of hydrogen-bond acceptors (Lipinski definition) is 2. The number of aliphatic hydroxyl groups excluding tert-OH is 1. The number of hydrogen-bond donors (Lipinski definition) is 1. The Bertz CT molecular complexity index is 397. The Morgan fingerprint density at radius 3 is 2.44 bits per heavy atom. The molecule has 1 aromatic carbocycles. The van der Waals surface area contributed by atoms with Gasteiger partial charge >= 0.3 is 0 Å². The van der Waals surface area contributed by atoms with Crippen LogP contribution in [-0.4, -0.2) is 30.2 Å². The maximum Gasteiger partial charge on any atom is 0.0540 e. The van der Waals surface area contributed by atoms with Crippen molar-refractivity contribution < 1.29 is 5.11 Å². The summed E-state index contributed by atoms with van der Waals surface area (Å²) in [5.41, 5.74) is 2.32. The molecule has 1 N–H and O–H groups in total. The minimum atomic E-state index is 0.130. The third-order valence-corrected chi connectivity index (χ3v) is 2.55. The Hall–Kier alpha value is -1.30. The van der Waals surface area contributed by atoms with Gasteiger partial charge in [-0.3, -0.25) is 0 Å². The molecular weight excluding hydrogens is 222 g/mol. The van der Waals surface area contributed by atoms with Gasteiger partial charge in [-0.15, -0.1) is 0 Å². The molecule has 2 heteroatoms. The first-order valence-electron chi connectivity index (χ1n) is 6.49. The summed E-state index contributed by atoms with van der Waals surface area (Å²) in [5.74, 6) is 6.66. The van der Waals surface area contributed by atoms with E-state index in [4.69, 9.17) is 5.11 Å². The van der Waals surface area contributed by atoms with Crippen LogP contribution >= 0.6 is 0 Å². The van der Waals surface area contributed by atoms with E-state index in [1.165, 1.54) is 5.56 Å². The van der Waals surface area contributed by atoms with Gasteiger partial charge in [-0.2, -0.15) is 0 Å². The minimum absolute atomic E-state index is 0.130. The summed E-state index contributed by atoms with van der Waals surface area (Å²) in [4.78, 5) is 2.33. The van der Waals surface area contributed by atoms with Gasteiger partial charge in [0.05, 0.1) is 6.61 Å². The molecule has 2 nitrogen and oxygen atoms in total. The highest BCUT2D eigenvalue weighted by Crippen LogP contribution is 2.07. The zero-order valence-electron chi connectivity index (χ0n) is 11.6. The molecule has 0 bridgehead atoms. The van der Waals surface area contributed by atoms with Crippen molar-refractivity contribution in [1.29, 1.82) is 0 Å². The smallest absolute Gasteiger partial charge is 0.0540 e. The molecule has 0 aliphatic heterocycles. The largest absolute Gasteiger partial charge is 0.395 e. The molecular formula is C16H23NO. The Morgan fingerprint density at radius 1 is 1.22 bits per heavy atom. The molecule has 0 saturated carbocycles. The zero-order chi connectivity index (χ0) is 13.4. The standard InChI is InChI=1S/C16H23NO/c1-14(2)12-17(3)13-16-9-7-15(8-10-16)6-4-5-11-18/h7-10,14,18H,5,11-13H2,1-3H3. The summed E-state index contributed by atoms with van der Waals surface area (Å²) in [6.07, 6.45) is 0.541. The van der Waals surface area contributed by atoms with Crippen molar-refractivity contribution in [2.45, 2.75) is 26.8 Å². The SMILES string of the molecule is CC(C)CN(C)Cc1ccc(C#CCCO)cc1. The van der Waals surface area contributed by atoms with Crippen LogP contribution in [0.25, 0.3) is 0 Å². The third kappa shape index (κ3) is 5.86. The molecule has 0 saturated heterocycles. The van der Waals surface area contributed by atoms with Crippen LogP contribution in [0.5, 0.6) is 0 Å². The highest BCUT2D eigenvalue weighted by molar-refractivity contribution is 5.36. The maximum atomic E-state index is 8.65. The van der Waals surface area contributed by atoms with E-state index < -0.39 is 0 Å². The van der Waals surface area contributed by atoms with E-state index in [9.17, 15) is 0 Å². The van der Waals surface area contributed by atoms with Crippen molar-refractivity contribution in [2.75, 3.05) is 20.2 Å². The van der Waals surface area contributed by atoms with Gasteiger partial charge < -0.3 is 10.0 Å². The van der Waals surface area contributed by atoms with E-state index in [1.807, 2.05) is 12.1 Å². The Balaban J connectivity index is 2.53. The van der Waals surface area contributed by atoms with E-state index in [1.54, 1.807) is 0 Å². The lowest BCUT2D eigenvalue weighted by atomic mass is 10.1. The van der Waals surface area contributed by atoms with Crippen LogP contribution in [0, 0.1) is 17.8 Å². The second kappa shape index (κ2) is 7.92. The Morgan fingerprint density at radius 2 is 1.89 bits per heavy atom. The predicted octanol–water partition coefficient (Wildman–Crippen LogP) is 2.51. The van der Waals surface area contributed by atoms with Gasteiger partial charge in [-0.05, 0) is 30.7 Å². The van der Waals surface area contributed by atoms with Crippen molar-refractivity contribution >= 4 is 0 Å². The molecule has 0 aliphatic carbocycles. The second-order valence-corrected chi connectivity index (χ2v) is 5.06. The van der Waals surface area contributed by atoms with Gasteiger partial charge in [0.2, 0.25) is 0 Å². The lowest BCUT2D eigenvalue weighted by Crippen LogP contribution is -2.22. The van der Waals surface area contributed by atoms with Crippen LogP contribution in [0.4, 0.5) is 0 Å². The topological polar surface area (TPSA) is 23.5 Å². The maximum absolute atomic E-state index is 8.65. The van der Waals surface area contributed by atoms with E-state index >= 15 is 0 Å². The van der Waals surface area contributed by atoms with Crippen molar-refractivity contribution in [3.8, 4) is 11.8 Å². The van der Waals surface area contributed by atoms with Crippen LogP contribution in [-0.2, 0) is 6.54 Å². The normalized spacial score (nSPS) is 10.6. The molecule has 0 radical (unpaired) electrons. The molecule has 0 aromatic heterocycles. The molecule has 0 spiro atoms. The number of nitrogens with zero attached hydrogens (tertiary/aromatic N) is 1. The van der Waals surface area contributed by atoms with E-state index in [2.05, 4.69) is 49.8 Å². The molecule has 1 aromatic rings. The predicted molar refractivity (Wildman–Crippen MR) is 76.2 cm³/mol. The first-order valence-corrected chi connectivity index (χ1v) is 6.49. The molecule has 0 heterocycles. The second-order valence-electron chi connectivity index (χ2n) is 5.06. The summed E-state index contributed by atoms with van der Waals surface area (Å²) in [6.45, 7) is 6.68. The summed E-state index contributed by atoms with van der Waals surface area (Å²) in [7, 11) is 2.15. The van der Waals surface area contributed by atoms with Gasteiger partial charge in [-0.25, -0.2) is 0 Å².